The highest BCUT2D eigenvalue weighted by Gasteiger charge is 2.31. The Hall–Kier alpha value is -3.29. The average molecular weight is 508 g/mol. The van der Waals surface area contributed by atoms with Crippen molar-refractivity contribution >= 4 is 56.3 Å². The maximum absolute atomic E-state index is 7.00. The summed E-state index contributed by atoms with van der Waals surface area (Å²) in [6.07, 6.45) is 0. The van der Waals surface area contributed by atoms with E-state index < -0.39 is 0 Å². The maximum Gasteiger partial charge on any atom is 0.0491 e. The van der Waals surface area contributed by atoms with E-state index >= 15 is 0 Å². The molecular formula is C32H17Cl3. The molecule has 0 radical (unpaired) electrons. The lowest BCUT2D eigenvalue weighted by Gasteiger charge is -2.21. The van der Waals surface area contributed by atoms with Crippen LogP contribution in [0.25, 0.3) is 66.1 Å². The second-order valence-electron chi connectivity index (χ2n) is 8.89. The van der Waals surface area contributed by atoms with Crippen LogP contribution in [0.2, 0.25) is 15.1 Å². The van der Waals surface area contributed by atoms with Crippen LogP contribution in [0.3, 0.4) is 0 Å². The molecule has 7 rings (SSSR count). The van der Waals surface area contributed by atoms with Crippen molar-refractivity contribution in [1.29, 1.82) is 0 Å². The first-order chi connectivity index (χ1) is 17.1. The molecule has 0 saturated heterocycles. The minimum absolute atomic E-state index is 0.698. The van der Waals surface area contributed by atoms with Crippen LogP contribution >= 0.6 is 34.8 Å². The second kappa shape index (κ2) is 7.86. The van der Waals surface area contributed by atoms with E-state index in [-0.39, 0.29) is 0 Å². The molecule has 0 amide bonds. The van der Waals surface area contributed by atoms with E-state index in [9.17, 15) is 0 Å². The lowest BCUT2D eigenvalue weighted by Crippen LogP contribution is -1.94. The van der Waals surface area contributed by atoms with Gasteiger partial charge in [0.25, 0.3) is 0 Å². The van der Waals surface area contributed by atoms with Gasteiger partial charge in [-0.1, -0.05) is 108 Å². The number of benzene rings is 6. The molecule has 0 bridgehead atoms. The van der Waals surface area contributed by atoms with Crippen LogP contribution in [0.15, 0.2) is 103 Å². The van der Waals surface area contributed by atoms with Crippen LogP contribution < -0.4 is 0 Å². The summed E-state index contributed by atoms with van der Waals surface area (Å²) < 4.78 is 0. The summed E-state index contributed by atoms with van der Waals surface area (Å²) in [6, 6.07) is 35.4. The molecule has 0 fully saturated rings. The fraction of sp³-hybridized carbons (Fsp3) is 0. The van der Waals surface area contributed by atoms with Gasteiger partial charge in [-0.25, -0.2) is 0 Å². The number of hydrogen-bond donors (Lipinski definition) is 0. The molecule has 0 aromatic heterocycles. The van der Waals surface area contributed by atoms with E-state index in [2.05, 4.69) is 54.6 Å². The minimum Gasteiger partial charge on any atom is -0.0843 e. The highest BCUT2D eigenvalue weighted by Crippen LogP contribution is 2.58. The van der Waals surface area contributed by atoms with Gasteiger partial charge >= 0.3 is 0 Å². The second-order valence-corrected chi connectivity index (χ2v) is 10.2. The molecule has 0 spiro atoms. The van der Waals surface area contributed by atoms with Gasteiger partial charge in [0.2, 0.25) is 0 Å². The zero-order valence-electron chi connectivity index (χ0n) is 18.4. The lowest BCUT2D eigenvalue weighted by molar-refractivity contribution is 1.62. The quantitative estimate of drug-likeness (QED) is 0.218. The summed E-state index contributed by atoms with van der Waals surface area (Å²) in [5, 5.41) is 6.73. The van der Waals surface area contributed by atoms with Crippen molar-refractivity contribution in [2.75, 3.05) is 0 Å². The highest BCUT2D eigenvalue weighted by molar-refractivity contribution is 6.40. The summed E-state index contributed by atoms with van der Waals surface area (Å²) in [5.41, 5.74) is 9.23. The van der Waals surface area contributed by atoms with Crippen LogP contribution in [-0.2, 0) is 0 Å². The molecule has 0 heterocycles. The van der Waals surface area contributed by atoms with E-state index in [4.69, 9.17) is 34.8 Å². The first-order valence-corrected chi connectivity index (χ1v) is 12.6. The molecule has 166 valence electrons. The fourth-order valence-electron chi connectivity index (χ4n) is 5.67. The molecule has 0 aliphatic heterocycles. The van der Waals surface area contributed by atoms with Crippen molar-refractivity contribution in [2.24, 2.45) is 0 Å². The van der Waals surface area contributed by atoms with Crippen LogP contribution in [0.4, 0.5) is 0 Å². The molecule has 0 unspecified atom stereocenters. The Morgan fingerprint density at radius 3 is 1.60 bits per heavy atom. The minimum atomic E-state index is 0.698. The van der Waals surface area contributed by atoms with E-state index in [1.165, 1.54) is 33.0 Å². The number of halogens is 3. The van der Waals surface area contributed by atoms with Crippen molar-refractivity contribution in [3.63, 3.8) is 0 Å². The van der Waals surface area contributed by atoms with E-state index in [1.54, 1.807) is 0 Å². The van der Waals surface area contributed by atoms with Gasteiger partial charge in [0, 0.05) is 20.5 Å². The van der Waals surface area contributed by atoms with Gasteiger partial charge < -0.3 is 0 Å². The van der Waals surface area contributed by atoms with E-state index in [1.807, 2.05) is 48.5 Å². The number of fused-ring (bicyclic) bond motifs is 4. The van der Waals surface area contributed by atoms with Crippen molar-refractivity contribution in [3.8, 4) is 44.5 Å². The van der Waals surface area contributed by atoms with Crippen molar-refractivity contribution in [3.05, 3.63) is 118 Å². The van der Waals surface area contributed by atoms with Crippen LogP contribution in [0.1, 0.15) is 0 Å². The maximum atomic E-state index is 7.00. The predicted octanol–water partition coefficient (Wildman–Crippen LogP) is 10.9. The molecule has 0 atom stereocenters. The Labute approximate surface area is 218 Å². The zero-order valence-corrected chi connectivity index (χ0v) is 20.7. The van der Waals surface area contributed by atoms with Crippen LogP contribution in [0.5, 0.6) is 0 Å². The Morgan fingerprint density at radius 2 is 0.971 bits per heavy atom. The Morgan fingerprint density at radius 1 is 0.429 bits per heavy atom. The molecule has 1 aliphatic carbocycles. The summed E-state index contributed by atoms with van der Waals surface area (Å²) >= 11 is 20.0. The smallest absolute Gasteiger partial charge is 0.0491 e. The van der Waals surface area contributed by atoms with Gasteiger partial charge in [0.15, 0.2) is 0 Å². The molecule has 3 heteroatoms. The van der Waals surface area contributed by atoms with Gasteiger partial charge in [0.1, 0.15) is 0 Å². The van der Waals surface area contributed by atoms with Crippen molar-refractivity contribution in [1.82, 2.24) is 0 Å². The molecule has 0 saturated carbocycles. The standard InChI is InChI=1S/C32H17Cl3/c33-21-10-1-8-19(16-21)28-25-14-5-15-26(35)30(25)29(20-9-2-11-22(34)17-20)32-24-13-4-7-18-6-3-12-23(27(18)24)31(28)32/h1-17H. The summed E-state index contributed by atoms with van der Waals surface area (Å²) in [4.78, 5) is 0. The van der Waals surface area contributed by atoms with Crippen molar-refractivity contribution in [2.45, 2.75) is 0 Å². The third kappa shape index (κ3) is 3.08. The zero-order chi connectivity index (χ0) is 23.7. The molecule has 0 nitrogen and oxygen atoms in total. The normalized spacial score (nSPS) is 11.9. The van der Waals surface area contributed by atoms with Gasteiger partial charge in [0.05, 0.1) is 0 Å². The first-order valence-electron chi connectivity index (χ1n) is 11.4. The highest BCUT2D eigenvalue weighted by atomic mass is 35.5. The predicted molar refractivity (Wildman–Crippen MR) is 152 cm³/mol. The molecule has 0 N–H and O–H groups in total. The van der Waals surface area contributed by atoms with Gasteiger partial charge in [-0.3, -0.25) is 0 Å². The average Bonchev–Trinajstić information content (AvgIpc) is 3.19. The topological polar surface area (TPSA) is 0 Å². The molecule has 6 aromatic carbocycles. The number of rotatable bonds is 2. The van der Waals surface area contributed by atoms with Gasteiger partial charge in [-0.2, -0.15) is 0 Å². The Kier molecular flexibility index (Phi) is 4.73. The Bertz CT molecular complexity index is 1830. The SMILES string of the molecule is Clc1cccc(-c2c3c(c(-c4cccc(Cl)c4)c4c(Cl)cccc24)-c2cccc4cccc-3c24)c1. The monoisotopic (exact) mass is 506 g/mol. The van der Waals surface area contributed by atoms with E-state index in [0.717, 1.165) is 33.0 Å². The van der Waals surface area contributed by atoms with Crippen LogP contribution in [0, 0.1) is 0 Å². The molecular weight excluding hydrogens is 491 g/mol. The summed E-state index contributed by atoms with van der Waals surface area (Å²) in [6.45, 7) is 0. The number of hydrogen-bond acceptors (Lipinski definition) is 0. The summed E-state index contributed by atoms with van der Waals surface area (Å²) in [7, 11) is 0. The van der Waals surface area contributed by atoms with Crippen molar-refractivity contribution < 1.29 is 0 Å². The van der Waals surface area contributed by atoms with E-state index in [0.29, 0.717) is 15.1 Å². The third-order valence-electron chi connectivity index (χ3n) is 6.95. The van der Waals surface area contributed by atoms with Gasteiger partial charge in [-0.15, -0.1) is 0 Å². The van der Waals surface area contributed by atoms with Crippen LogP contribution in [-0.4, -0.2) is 0 Å². The largest absolute Gasteiger partial charge is 0.0843 e. The summed E-state index contributed by atoms with van der Waals surface area (Å²) in [5.74, 6) is 0. The first kappa shape index (κ1) is 21.0. The molecule has 6 aromatic rings. The van der Waals surface area contributed by atoms with Gasteiger partial charge in [-0.05, 0) is 91.0 Å². The molecule has 1 aliphatic rings. The third-order valence-corrected chi connectivity index (χ3v) is 7.74. The molecule has 35 heavy (non-hydrogen) atoms. The Balaban J connectivity index is 1.79. The fourth-order valence-corrected chi connectivity index (χ4v) is 6.32. The lowest BCUT2D eigenvalue weighted by atomic mass is 9.82.